The number of benzene rings is 1. The molecular weight excluding hydrogens is 342 g/mol. The molecular formula is C16H17N5O5. The predicted octanol–water partition coefficient (Wildman–Crippen LogP) is -0.153. The number of fused-ring (bicyclic) bond motifs is 1. The molecule has 6 N–H and O–H groups in total. The van der Waals surface area contributed by atoms with E-state index in [1.807, 2.05) is 0 Å². The van der Waals surface area contributed by atoms with Crippen LogP contribution in [0.15, 0.2) is 22.6 Å². The Bertz CT molecular complexity index is 950. The lowest BCUT2D eigenvalue weighted by Crippen LogP contribution is -2.57. The number of furan rings is 1. The summed E-state index contributed by atoms with van der Waals surface area (Å²) in [4.78, 5) is 46.4. The molecule has 1 aromatic carbocycles. The molecule has 10 heteroatoms. The Morgan fingerprint density at radius 2 is 2.00 bits per heavy atom. The van der Waals surface area contributed by atoms with E-state index in [2.05, 4.69) is 21.3 Å². The Morgan fingerprint density at radius 3 is 2.62 bits per heavy atom. The third-order valence-electron chi connectivity index (χ3n) is 4.09. The summed E-state index contributed by atoms with van der Waals surface area (Å²) in [6, 6.07) is 3.59. The van der Waals surface area contributed by atoms with E-state index in [0.717, 1.165) is 5.56 Å². The molecule has 136 valence electrons. The third-order valence-corrected chi connectivity index (χ3v) is 4.09. The number of imide groups is 2. The van der Waals surface area contributed by atoms with Gasteiger partial charge in [0.2, 0.25) is 0 Å². The Morgan fingerprint density at radius 1 is 1.27 bits per heavy atom. The molecule has 0 bridgehead atoms. The van der Waals surface area contributed by atoms with Gasteiger partial charge in [0.25, 0.3) is 11.8 Å². The van der Waals surface area contributed by atoms with Gasteiger partial charge >= 0.3 is 12.1 Å². The summed E-state index contributed by atoms with van der Waals surface area (Å²) in [6.07, 6.45) is 0.0668. The molecule has 1 unspecified atom stereocenters. The van der Waals surface area contributed by atoms with E-state index in [0.29, 0.717) is 16.5 Å². The number of amides is 6. The highest BCUT2D eigenvalue weighted by Crippen LogP contribution is 2.26. The first-order valence-corrected chi connectivity index (χ1v) is 7.70. The minimum atomic E-state index is -1.54. The monoisotopic (exact) mass is 359 g/mol. The molecule has 0 aliphatic carbocycles. The smallest absolute Gasteiger partial charge is 0.323 e. The Labute approximate surface area is 147 Å². The highest BCUT2D eigenvalue weighted by Gasteiger charge is 2.43. The van der Waals surface area contributed by atoms with Crippen molar-refractivity contribution in [3.63, 3.8) is 0 Å². The maximum absolute atomic E-state index is 12.0. The summed E-state index contributed by atoms with van der Waals surface area (Å²) >= 11 is 0. The zero-order valence-electron chi connectivity index (χ0n) is 14.1. The van der Waals surface area contributed by atoms with Crippen LogP contribution in [0, 0.1) is 6.92 Å². The van der Waals surface area contributed by atoms with Crippen molar-refractivity contribution in [3.05, 3.63) is 35.1 Å². The van der Waals surface area contributed by atoms with Gasteiger partial charge in [-0.3, -0.25) is 20.2 Å². The average molecular weight is 359 g/mol. The molecule has 1 fully saturated rings. The first kappa shape index (κ1) is 17.4. The van der Waals surface area contributed by atoms with E-state index in [1.165, 1.54) is 13.1 Å². The molecule has 0 spiro atoms. The number of urea groups is 2. The molecule has 2 heterocycles. The normalized spacial score (nSPS) is 19.2. The second kappa shape index (κ2) is 6.15. The Balaban J connectivity index is 1.90. The molecule has 1 aromatic heterocycles. The summed E-state index contributed by atoms with van der Waals surface area (Å²) in [5, 5.41) is 9.48. The van der Waals surface area contributed by atoms with Crippen molar-refractivity contribution in [3.8, 4) is 0 Å². The predicted molar refractivity (Wildman–Crippen MR) is 90.2 cm³/mol. The number of nitrogens with one attached hydrogen (secondary N) is 4. The van der Waals surface area contributed by atoms with Gasteiger partial charge in [-0.1, -0.05) is 0 Å². The topological polar surface area (TPSA) is 156 Å². The molecule has 0 radical (unpaired) electrons. The molecule has 2 aromatic rings. The van der Waals surface area contributed by atoms with Gasteiger partial charge in [0.05, 0.1) is 0 Å². The first-order chi connectivity index (χ1) is 12.2. The molecule has 26 heavy (non-hydrogen) atoms. The second-order valence-corrected chi connectivity index (χ2v) is 6.02. The van der Waals surface area contributed by atoms with E-state index in [4.69, 9.17) is 10.2 Å². The van der Waals surface area contributed by atoms with Crippen molar-refractivity contribution in [1.82, 2.24) is 21.3 Å². The van der Waals surface area contributed by atoms with Crippen molar-refractivity contribution in [2.45, 2.75) is 19.0 Å². The van der Waals surface area contributed by atoms with Gasteiger partial charge in [0, 0.05) is 18.9 Å². The largest absolute Gasteiger partial charge is 0.451 e. The maximum atomic E-state index is 12.0. The number of nitrogens with two attached hydrogens (primary N) is 1. The zero-order chi connectivity index (χ0) is 19.1. The quantitative estimate of drug-likeness (QED) is 0.480. The highest BCUT2D eigenvalue weighted by atomic mass is 16.3. The van der Waals surface area contributed by atoms with Crippen LogP contribution >= 0.6 is 0 Å². The molecule has 1 aliphatic rings. The SMILES string of the molecule is CNC(=O)NC(=O)c1cc2cc(CC3(N)NC(=O)NC3=O)c(C)cc2o1. The van der Waals surface area contributed by atoms with E-state index in [1.54, 1.807) is 19.1 Å². The second-order valence-electron chi connectivity index (χ2n) is 6.02. The lowest BCUT2D eigenvalue weighted by Gasteiger charge is -2.21. The Kier molecular flexibility index (Phi) is 4.12. The summed E-state index contributed by atoms with van der Waals surface area (Å²) in [7, 11) is 1.39. The minimum Gasteiger partial charge on any atom is -0.451 e. The molecule has 3 rings (SSSR count). The average Bonchev–Trinajstić information content (AvgIpc) is 3.07. The van der Waals surface area contributed by atoms with Crippen LogP contribution in [0.4, 0.5) is 9.59 Å². The molecule has 1 aliphatic heterocycles. The molecule has 1 saturated heterocycles. The summed E-state index contributed by atoms with van der Waals surface area (Å²) in [6.45, 7) is 1.79. The molecule has 0 saturated carbocycles. The molecule has 6 amide bonds. The number of carbonyl (C=O) groups is 4. The van der Waals surface area contributed by atoms with E-state index in [-0.39, 0.29) is 12.2 Å². The number of hydrogen-bond acceptors (Lipinski definition) is 6. The number of carbonyl (C=O) groups excluding carboxylic acids is 4. The van der Waals surface area contributed by atoms with E-state index < -0.39 is 29.5 Å². The zero-order valence-corrected chi connectivity index (χ0v) is 14.1. The number of hydrogen-bond donors (Lipinski definition) is 5. The van der Waals surface area contributed by atoms with Crippen LogP contribution in [0.3, 0.4) is 0 Å². The van der Waals surface area contributed by atoms with Gasteiger partial charge in [-0.25, -0.2) is 9.59 Å². The molecule has 1 atom stereocenters. The molecule has 10 nitrogen and oxygen atoms in total. The van der Waals surface area contributed by atoms with Gasteiger partial charge in [-0.15, -0.1) is 0 Å². The van der Waals surface area contributed by atoms with Crippen LogP contribution in [0.2, 0.25) is 0 Å². The van der Waals surface area contributed by atoms with E-state index >= 15 is 0 Å². The fraction of sp³-hybridized carbons (Fsp3) is 0.250. The standard InChI is InChI=1S/C16H17N5O5/c1-7-3-10-8(5-11(26-10)12(22)19-14(24)18-2)4-9(7)6-16(17)13(23)20-15(25)21-16/h3-5H,6,17H2,1-2H3,(H2,18,19,22,24)(H2,20,21,23,25). The van der Waals surface area contributed by atoms with Crippen LogP contribution in [0.1, 0.15) is 21.7 Å². The van der Waals surface area contributed by atoms with Gasteiger partial charge in [0.1, 0.15) is 5.58 Å². The van der Waals surface area contributed by atoms with Gasteiger partial charge in [-0.2, -0.15) is 0 Å². The summed E-state index contributed by atoms with van der Waals surface area (Å²) in [5.74, 6) is -1.33. The van der Waals surface area contributed by atoms with Crippen LogP contribution < -0.4 is 27.0 Å². The van der Waals surface area contributed by atoms with Gasteiger partial charge in [-0.05, 0) is 36.2 Å². The lowest BCUT2D eigenvalue weighted by atomic mass is 9.95. The number of rotatable bonds is 3. The van der Waals surface area contributed by atoms with Crippen LogP contribution in [-0.4, -0.2) is 36.6 Å². The summed E-state index contributed by atoms with van der Waals surface area (Å²) < 4.78 is 5.47. The third kappa shape index (κ3) is 3.09. The Hall–Kier alpha value is -3.40. The van der Waals surface area contributed by atoms with Crippen LogP contribution in [0.25, 0.3) is 11.0 Å². The maximum Gasteiger partial charge on any atom is 0.323 e. The van der Waals surface area contributed by atoms with Gasteiger partial charge < -0.3 is 20.8 Å². The van der Waals surface area contributed by atoms with E-state index in [9.17, 15) is 19.2 Å². The van der Waals surface area contributed by atoms with Crippen molar-refractivity contribution in [1.29, 1.82) is 0 Å². The van der Waals surface area contributed by atoms with Crippen molar-refractivity contribution < 1.29 is 23.6 Å². The van der Waals surface area contributed by atoms with Crippen LogP contribution in [0.5, 0.6) is 0 Å². The fourth-order valence-electron chi connectivity index (χ4n) is 2.70. The van der Waals surface area contributed by atoms with Crippen LogP contribution in [-0.2, 0) is 11.2 Å². The first-order valence-electron chi connectivity index (χ1n) is 7.70. The van der Waals surface area contributed by atoms with Gasteiger partial charge in [0.15, 0.2) is 11.4 Å². The minimum absolute atomic E-state index is 0.0328. The number of aryl methyl sites for hydroxylation is 1. The van der Waals surface area contributed by atoms with Crippen molar-refractivity contribution >= 4 is 34.8 Å². The van der Waals surface area contributed by atoms with Crippen molar-refractivity contribution in [2.24, 2.45) is 5.73 Å². The summed E-state index contributed by atoms with van der Waals surface area (Å²) in [5.41, 5.74) is 6.36. The fourth-order valence-corrected chi connectivity index (χ4v) is 2.70. The highest BCUT2D eigenvalue weighted by molar-refractivity contribution is 6.07. The lowest BCUT2D eigenvalue weighted by molar-refractivity contribution is -0.123. The van der Waals surface area contributed by atoms with Crippen molar-refractivity contribution in [2.75, 3.05) is 7.05 Å².